The molecule has 5 atom stereocenters. The first-order valence-corrected chi connectivity index (χ1v) is 5.66. The average Bonchev–Trinajstić information content (AvgIpc) is 2.59. The smallest absolute Gasteiger partial charge is 0.164 e. The Hall–Kier alpha value is -0.200. The van der Waals surface area contributed by atoms with Crippen molar-refractivity contribution >= 4 is 0 Å². The first-order valence-electron chi connectivity index (χ1n) is 5.66. The number of aliphatic hydroxyl groups is 2. The predicted molar refractivity (Wildman–Crippen MR) is 53.7 cm³/mol. The Morgan fingerprint density at radius 2 is 1.94 bits per heavy atom. The molecular weight excluding hydrogens is 212 g/mol. The Labute approximate surface area is 94.3 Å². The fourth-order valence-electron chi connectivity index (χ4n) is 3.56. The van der Waals surface area contributed by atoms with E-state index in [1.54, 1.807) is 6.92 Å². The highest BCUT2D eigenvalue weighted by Crippen LogP contribution is 2.58. The van der Waals surface area contributed by atoms with Crippen LogP contribution < -0.4 is 0 Å². The van der Waals surface area contributed by atoms with E-state index in [1.165, 1.54) is 0 Å². The van der Waals surface area contributed by atoms with Crippen molar-refractivity contribution in [3.63, 3.8) is 0 Å². The van der Waals surface area contributed by atoms with Gasteiger partial charge in [-0.15, -0.1) is 0 Å². The molecule has 2 saturated heterocycles. The van der Waals surface area contributed by atoms with Crippen LogP contribution in [0.25, 0.3) is 0 Å². The third-order valence-electron chi connectivity index (χ3n) is 4.15. The minimum atomic E-state index is -1.09. The second-order valence-electron chi connectivity index (χ2n) is 5.69. The Balaban J connectivity index is 2.04. The molecule has 5 heteroatoms. The molecule has 2 bridgehead atoms. The minimum absolute atomic E-state index is 0.122. The van der Waals surface area contributed by atoms with Crippen LogP contribution in [0.1, 0.15) is 20.8 Å². The van der Waals surface area contributed by atoms with Crippen LogP contribution in [0, 0.1) is 5.92 Å². The quantitative estimate of drug-likeness (QED) is 0.644. The summed E-state index contributed by atoms with van der Waals surface area (Å²) >= 11 is 0. The van der Waals surface area contributed by atoms with Crippen LogP contribution in [-0.2, 0) is 14.2 Å². The van der Waals surface area contributed by atoms with Gasteiger partial charge in [0.15, 0.2) is 5.79 Å². The molecule has 2 aliphatic heterocycles. The maximum absolute atomic E-state index is 10.4. The summed E-state index contributed by atoms with van der Waals surface area (Å²) in [4.78, 5) is 0. The lowest BCUT2D eigenvalue weighted by atomic mass is 9.83. The number of hydrogen-bond acceptors (Lipinski definition) is 5. The lowest BCUT2D eigenvalue weighted by Crippen LogP contribution is -2.55. The summed E-state index contributed by atoms with van der Waals surface area (Å²) in [6.07, 6.45) is -0.693. The molecule has 0 aromatic heterocycles. The van der Waals surface area contributed by atoms with Crippen molar-refractivity contribution in [1.29, 1.82) is 0 Å². The number of aliphatic hydroxyl groups excluding tert-OH is 1. The fourth-order valence-corrected chi connectivity index (χ4v) is 3.56. The molecule has 92 valence electrons. The van der Waals surface area contributed by atoms with Crippen LogP contribution in [0.2, 0.25) is 0 Å². The molecule has 1 saturated carbocycles. The summed E-state index contributed by atoms with van der Waals surface area (Å²) in [5.74, 6) is -1.03. The Morgan fingerprint density at radius 1 is 1.25 bits per heavy atom. The van der Waals surface area contributed by atoms with Gasteiger partial charge in [0.05, 0.1) is 18.8 Å². The highest BCUT2D eigenvalue weighted by Gasteiger charge is 2.76. The minimum Gasteiger partial charge on any atom is -0.396 e. The van der Waals surface area contributed by atoms with Crippen molar-refractivity contribution in [2.45, 2.75) is 50.0 Å². The second kappa shape index (κ2) is 2.79. The van der Waals surface area contributed by atoms with Crippen molar-refractivity contribution in [2.75, 3.05) is 13.2 Å². The number of ether oxygens (including phenoxy) is 3. The summed E-state index contributed by atoms with van der Waals surface area (Å²) in [6.45, 7) is 5.63. The van der Waals surface area contributed by atoms with Crippen LogP contribution in [-0.4, -0.2) is 52.6 Å². The monoisotopic (exact) mass is 230 g/mol. The van der Waals surface area contributed by atoms with E-state index in [2.05, 4.69) is 0 Å². The lowest BCUT2D eigenvalue weighted by Gasteiger charge is -2.41. The lowest BCUT2D eigenvalue weighted by molar-refractivity contribution is -0.259. The molecule has 0 spiro atoms. The third-order valence-corrected chi connectivity index (χ3v) is 4.15. The van der Waals surface area contributed by atoms with Crippen molar-refractivity contribution < 1.29 is 24.4 Å². The standard InChI is InChI=1S/C11H18O5/c1-9(2)15-8-7-10(3,13)6(4-12)11(8,16-9)5-14-7/h6-8,12-13H,4-5H2,1-3H3/t6-,7-,8-,10-,11+/m1/s1. The molecule has 3 fully saturated rings. The molecule has 0 radical (unpaired) electrons. The molecule has 3 rings (SSSR count). The van der Waals surface area contributed by atoms with Gasteiger partial charge in [0, 0.05) is 5.92 Å². The van der Waals surface area contributed by atoms with E-state index in [1.807, 2.05) is 13.8 Å². The molecule has 1 aliphatic carbocycles. The predicted octanol–water partition coefficient (Wildman–Crippen LogP) is -0.351. The molecular formula is C11H18O5. The van der Waals surface area contributed by atoms with Gasteiger partial charge in [-0.1, -0.05) is 0 Å². The maximum Gasteiger partial charge on any atom is 0.164 e. The van der Waals surface area contributed by atoms with Crippen LogP contribution >= 0.6 is 0 Å². The van der Waals surface area contributed by atoms with Gasteiger partial charge in [0.25, 0.3) is 0 Å². The van der Waals surface area contributed by atoms with Gasteiger partial charge in [-0.2, -0.15) is 0 Å². The Morgan fingerprint density at radius 3 is 2.56 bits per heavy atom. The highest BCUT2D eigenvalue weighted by atomic mass is 16.8. The number of rotatable bonds is 1. The molecule has 0 amide bonds. The molecule has 3 aliphatic rings. The maximum atomic E-state index is 10.4. The zero-order chi connectivity index (χ0) is 11.8. The molecule has 0 aromatic rings. The normalized spacial score (nSPS) is 57.9. The Bertz CT molecular complexity index is 326. The van der Waals surface area contributed by atoms with E-state index < -0.39 is 23.1 Å². The van der Waals surface area contributed by atoms with Crippen LogP contribution in [0.5, 0.6) is 0 Å². The van der Waals surface area contributed by atoms with Gasteiger partial charge in [-0.05, 0) is 20.8 Å². The summed E-state index contributed by atoms with van der Waals surface area (Å²) in [7, 11) is 0. The summed E-state index contributed by atoms with van der Waals surface area (Å²) in [5.41, 5.74) is -1.78. The topological polar surface area (TPSA) is 68.2 Å². The van der Waals surface area contributed by atoms with Crippen molar-refractivity contribution in [1.82, 2.24) is 0 Å². The third kappa shape index (κ3) is 1.03. The van der Waals surface area contributed by atoms with E-state index in [9.17, 15) is 10.2 Å². The second-order valence-corrected chi connectivity index (χ2v) is 5.69. The summed E-state index contributed by atoms with van der Waals surface area (Å²) in [5, 5.41) is 19.9. The first-order chi connectivity index (χ1) is 7.33. The van der Waals surface area contributed by atoms with E-state index in [4.69, 9.17) is 14.2 Å². The average molecular weight is 230 g/mol. The van der Waals surface area contributed by atoms with Crippen LogP contribution in [0.3, 0.4) is 0 Å². The SMILES string of the molecule is CC1(C)O[C@@H]2[C@H]3OC[C@]2(O1)[C@H](CO)[C@@]3(C)O. The van der Waals surface area contributed by atoms with Gasteiger partial charge in [-0.25, -0.2) is 0 Å². The summed E-state index contributed by atoms with van der Waals surface area (Å²) < 4.78 is 17.3. The molecule has 16 heavy (non-hydrogen) atoms. The zero-order valence-corrected chi connectivity index (χ0v) is 9.77. The van der Waals surface area contributed by atoms with Crippen LogP contribution in [0.4, 0.5) is 0 Å². The van der Waals surface area contributed by atoms with E-state index in [0.717, 1.165) is 0 Å². The van der Waals surface area contributed by atoms with Gasteiger partial charge in [-0.3, -0.25) is 0 Å². The fraction of sp³-hybridized carbons (Fsp3) is 1.00. The summed E-state index contributed by atoms with van der Waals surface area (Å²) in [6, 6.07) is 0. The molecule has 0 unspecified atom stereocenters. The van der Waals surface area contributed by atoms with E-state index in [-0.39, 0.29) is 18.6 Å². The van der Waals surface area contributed by atoms with Crippen molar-refractivity contribution in [3.05, 3.63) is 0 Å². The van der Waals surface area contributed by atoms with Gasteiger partial charge in [0.2, 0.25) is 0 Å². The van der Waals surface area contributed by atoms with Crippen molar-refractivity contribution in [3.8, 4) is 0 Å². The Kier molecular flexibility index (Phi) is 1.90. The number of hydrogen-bond donors (Lipinski definition) is 2. The molecule has 2 heterocycles. The molecule has 0 aromatic carbocycles. The van der Waals surface area contributed by atoms with E-state index in [0.29, 0.717) is 6.61 Å². The van der Waals surface area contributed by atoms with Crippen LogP contribution in [0.15, 0.2) is 0 Å². The van der Waals surface area contributed by atoms with Crippen molar-refractivity contribution in [2.24, 2.45) is 5.92 Å². The zero-order valence-electron chi connectivity index (χ0n) is 9.77. The molecule has 5 nitrogen and oxygen atoms in total. The highest BCUT2D eigenvalue weighted by molar-refractivity contribution is 5.23. The largest absolute Gasteiger partial charge is 0.396 e. The van der Waals surface area contributed by atoms with E-state index >= 15 is 0 Å². The van der Waals surface area contributed by atoms with Gasteiger partial charge < -0.3 is 24.4 Å². The van der Waals surface area contributed by atoms with Gasteiger partial charge >= 0.3 is 0 Å². The van der Waals surface area contributed by atoms with Gasteiger partial charge in [0.1, 0.15) is 17.8 Å². The molecule has 2 N–H and O–H groups in total. The first kappa shape index (κ1) is 10.9.